The Kier molecular flexibility index (Phi) is 10.9. The molecule has 2 rings (SSSR count). The van der Waals surface area contributed by atoms with Crippen LogP contribution in [0.25, 0.3) is 0 Å². The first-order valence-electron chi connectivity index (χ1n) is 9.14. The summed E-state index contributed by atoms with van der Waals surface area (Å²) in [5, 5.41) is 5.72. The molecule has 0 radical (unpaired) electrons. The van der Waals surface area contributed by atoms with Gasteiger partial charge < -0.3 is 14.3 Å². The molecule has 6 nitrogen and oxygen atoms in total. The van der Waals surface area contributed by atoms with Gasteiger partial charge in [-0.3, -0.25) is 4.99 Å². The number of ether oxygens (including phenoxy) is 2. The number of halogens is 3. The fourth-order valence-electron chi connectivity index (χ4n) is 2.19. The molecular formula is C21H25F3N2O4S. The van der Waals surface area contributed by atoms with Crippen LogP contribution in [0.15, 0.2) is 45.9 Å². The quantitative estimate of drug-likeness (QED) is 0.334. The monoisotopic (exact) mass is 458 g/mol. The molecule has 0 amide bonds. The van der Waals surface area contributed by atoms with Crippen LogP contribution in [-0.2, 0) is 31.9 Å². The van der Waals surface area contributed by atoms with Crippen LogP contribution in [0.4, 0.5) is 13.2 Å². The summed E-state index contributed by atoms with van der Waals surface area (Å²) in [6.45, 7) is 4.48. The Morgan fingerprint density at radius 2 is 1.74 bits per heavy atom. The van der Waals surface area contributed by atoms with Crippen LogP contribution < -0.4 is 0 Å². The highest BCUT2D eigenvalue weighted by Gasteiger charge is 2.30. The van der Waals surface area contributed by atoms with Gasteiger partial charge in [0.25, 0.3) is 0 Å². The Bertz CT molecular complexity index is 889. The fraction of sp³-hybridized carbons (Fsp3) is 0.381. The Labute approximate surface area is 183 Å². The highest BCUT2D eigenvalue weighted by Crippen LogP contribution is 2.29. The number of oxime groups is 1. The largest absolute Gasteiger partial charge is 0.464 e. The summed E-state index contributed by atoms with van der Waals surface area (Å²) < 4.78 is 47.0. The molecule has 0 fully saturated rings. The third-order valence-electron chi connectivity index (χ3n) is 3.90. The molecule has 0 spiro atoms. The minimum atomic E-state index is -4.38. The van der Waals surface area contributed by atoms with Crippen LogP contribution in [0.3, 0.4) is 0 Å². The Balaban J connectivity index is 0.00000110. The van der Waals surface area contributed by atoms with Crippen molar-refractivity contribution in [1.29, 1.82) is 0 Å². The average molecular weight is 459 g/mol. The number of carbonyl (C=O) groups excluding carboxylic acids is 1. The maximum Gasteiger partial charge on any atom is 0.416 e. The van der Waals surface area contributed by atoms with Crippen LogP contribution in [0.2, 0.25) is 0 Å². The zero-order valence-corrected chi connectivity index (χ0v) is 18.8. The van der Waals surface area contributed by atoms with Crippen LogP contribution in [0.5, 0.6) is 0 Å². The van der Waals surface area contributed by atoms with E-state index in [0.717, 1.165) is 18.7 Å². The minimum absolute atomic E-state index is 0.0762. The van der Waals surface area contributed by atoms with Gasteiger partial charge in [-0.15, -0.1) is 11.3 Å². The summed E-state index contributed by atoms with van der Waals surface area (Å²) in [4.78, 5) is 21.6. The van der Waals surface area contributed by atoms with E-state index in [0.29, 0.717) is 21.7 Å². The molecule has 0 saturated carbocycles. The SMILES string of the molecule is CCOC.CN=C(C(=O)OC)c1sccc1CON=C(C)c1ccc(C(F)(F)F)cc1. The van der Waals surface area contributed by atoms with E-state index in [1.54, 1.807) is 25.5 Å². The molecule has 10 heteroatoms. The molecule has 2 aromatic rings. The lowest BCUT2D eigenvalue weighted by atomic mass is 10.1. The van der Waals surface area contributed by atoms with Crippen molar-refractivity contribution in [2.75, 3.05) is 27.9 Å². The molecule has 0 atom stereocenters. The summed E-state index contributed by atoms with van der Waals surface area (Å²) in [5.74, 6) is -0.550. The number of thiophene rings is 1. The topological polar surface area (TPSA) is 69.5 Å². The van der Waals surface area contributed by atoms with Crippen LogP contribution >= 0.6 is 11.3 Å². The van der Waals surface area contributed by atoms with E-state index in [9.17, 15) is 18.0 Å². The number of alkyl halides is 3. The first-order chi connectivity index (χ1) is 14.7. The standard InChI is InChI=1S/C18H17F3N2O3S.C3H8O/c1-11(12-4-6-14(7-5-12)18(19,20)21)23-26-10-13-8-9-27-16(13)15(22-2)17(24)25-3;1-3-4-2/h4-9H,10H2,1-3H3;3H2,1-2H3. The van der Waals surface area contributed by atoms with Crippen molar-refractivity contribution in [2.24, 2.45) is 10.1 Å². The molecule has 0 N–H and O–H groups in total. The number of benzene rings is 1. The number of methoxy groups -OCH3 is 2. The smallest absolute Gasteiger partial charge is 0.416 e. The second kappa shape index (κ2) is 12.9. The maximum absolute atomic E-state index is 12.6. The van der Waals surface area contributed by atoms with Gasteiger partial charge in [0.1, 0.15) is 6.61 Å². The highest BCUT2D eigenvalue weighted by atomic mass is 32.1. The van der Waals surface area contributed by atoms with Crippen molar-refractivity contribution in [1.82, 2.24) is 0 Å². The fourth-order valence-corrected chi connectivity index (χ4v) is 3.12. The van der Waals surface area contributed by atoms with Crippen molar-refractivity contribution >= 4 is 28.7 Å². The minimum Gasteiger partial charge on any atom is -0.464 e. The lowest BCUT2D eigenvalue weighted by molar-refractivity contribution is -0.137. The molecule has 0 unspecified atom stereocenters. The first kappa shape index (κ1) is 26.3. The number of nitrogens with zero attached hydrogens (tertiary/aromatic N) is 2. The van der Waals surface area contributed by atoms with E-state index in [-0.39, 0.29) is 12.3 Å². The maximum atomic E-state index is 12.6. The molecule has 0 saturated heterocycles. The second-order valence-corrected chi connectivity index (χ2v) is 6.86. The van der Waals surface area contributed by atoms with E-state index < -0.39 is 17.7 Å². The molecule has 1 heterocycles. The number of aliphatic imine (C=N–C) groups is 1. The van der Waals surface area contributed by atoms with Gasteiger partial charge in [0.15, 0.2) is 5.71 Å². The predicted molar refractivity (Wildman–Crippen MR) is 115 cm³/mol. The van der Waals surface area contributed by atoms with E-state index in [1.165, 1.54) is 37.6 Å². The van der Waals surface area contributed by atoms with Gasteiger partial charge in [-0.1, -0.05) is 17.3 Å². The summed E-state index contributed by atoms with van der Waals surface area (Å²) in [6.07, 6.45) is -4.38. The molecule has 1 aromatic heterocycles. The Hall–Kier alpha value is -2.72. The second-order valence-electron chi connectivity index (χ2n) is 5.94. The summed E-state index contributed by atoms with van der Waals surface area (Å²) in [7, 11) is 4.44. The van der Waals surface area contributed by atoms with E-state index in [1.807, 2.05) is 6.92 Å². The van der Waals surface area contributed by atoms with Crippen molar-refractivity contribution in [2.45, 2.75) is 26.6 Å². The molecule has 0 aliphatic heterocycles. The lowest BCUT2D eigenvalue weighted by Gasteiger charge is -2.08. The number of hydrogen-bond acceptors (Lipinski definition) is 7. The van der Waals surface area contributed by atoms with Crippen LogP contribution in [0, 0.1) is 0 Å². The zero-order valence-electron chi connectivity index (χ0n) is 17.9. The van der Waals surface area contributed by atoms with Crippen molar-refractivity contribution in [3.05, 3.63) is 57.3 Å². The normalized spacial score (nSPS) is 12.1. The highest BCUT2D eigenvalue weighted by molar-refractivity contribution is 7.13. The van der Waals surface area contributed by atoms with Gasteiger partial charge in [0, 0.05) is 26.3 Å². The molecule has 1 aromatic carbocycles. The molecule has 0 bridgehead atoms. The van der Waals surface area contributed by atoms with Crippen molar-refractivity contribution < 1.29 is 32.3 Å². The predicted octanol–water partition coefficient (Wildman–Crippen LogP) is 4.95. The molecular weight excluding hydrogens is 433 g/mol. The summed E-state index contributed by atoms with van der Waals surface area (Å²) >= 11 is 1.32. The van der Waals surface area contributed by atoms with Crippen LogP contribution in [0.1, 0.15) is 35.4 Å². The number of carbonyl (C=O) groups is 1. The molecule has 0 aliphatic carbocycles. The Morgan fingerprint density at radius 1 is 1.13 bits per heavy atom. The van der Waals surface area contributed by atoms with Gasteiger partial charge in [0.05, 0.1) is 23.3 Å². The lowest BCUT2D eigenvalue weighted by Crippen LogP contribution is -2.17. The van der Waals surface area contributed by atoms with E-state index in [4.69, 9.17) is 9.57 Å². The summed E-state index contributed by atoms with van der Waals surface area (Å²) in [6, 6.07) is 6.43. The first-order valence-corrected chi connectivity index (χ1v) is 10.0. The van der Waals surface area contributed by atoms with E-state index >= 15 is 0 Å². The third-order valence-corrected chi connectivity index (χ3v) is 4.87. The summed E-state index contributed by atoms with van der Waals surface area (Å²) in [5.41, 5.74) is 1.11. The van der Waals surface area contributed by atoms with Crippen molar-refractivity contribution in [3.63, 3.8) is 0 Å². The van der Waals surface area contributed by atoms with Gasteiger partial charge in [-0.05, 0) is 43.0 Å². The molecule has 170 valence electrons. The van der Waals surface area contributed by atoms with Gasteiger partial charge in [-0.25, -0.2) is 4.79 Å². The zero-order chi connectivity index (χ0) is 23.4. The molecule has 0 aliphatic rings. The number of rotatable bonds is 7. The van der Waals surface area contributed by atoms with Gasteiger partial charge >= 0.3 is 12.1 Å². The molecule has 31 heavy (non-hydrogen) atoms. The van der Waals surface area contributed by atoms with Crippen LogP contribution in [-0.4, -0.2) is 45.3 Å². The Morgan fingerprint density at radius 3 is 2.23 bits per heavy atom. The van der Waals surface area contributed by atoms with Crippen molar-refractivity contribution in [3.8, 4) is 0 Å². The number of esters is 1. The van der Waals surface area contributed by atoms with Gasteiger partial charge in [0.2, 0.25) is 0 Å². The number of hydrogen-bond donors (Lipinski definition) is 0. The van der Waals surface area contributed by atoms with Gasteiger partial charge in [-0.2, -0.15) is 13.2 Å². The third kappa shape index (κ3) is 8.14. The van der Waals surface area contributed by atoms with E-state index in [2.05, 4.69) is 14.9 Å². The average Bonchev–Trinajstić information content (AvgIpc) is 3.21.